The molecule has 0 spiro atoms. The first kappa shape index (κ1) is 22.0. The summed E-state index contributed by atoms with van der Waals surface area (Å²) in [7, 11) is 0. The van der Waals surface area contributed by atoms with Crippen molar-refractivity contribution >= 4 is 16.9 Å². The largest absolute Gasteiger partial charge is 0.508 e. The van der Waals surface area contributed by atoms with E-state index in [0.29, 0.717) is 23.5 Å². The maximum atomic E-state index is 13.2. The van der Waals surface area contributed by atoms with Gasteiger partial charge >= 0.3 is 0 Å². The lowest BCUT2D eigenvalue weighted by Crippen LogP contribution is -2.45. The summed E-state index contributed by atoms with van der Waals surface area (Å²) in [5.41, 5.74) is 3.36. The van der Waals surface area contributed by atoms with E-state index in [1.807, 2.05) is 13.0 Å². The first-order valence-corrected chi connectivity index (χ1v) is 12.1. The van der Waals surface area contributed by atoms with Crippen molar-refractivity contribution in [2.75, 3.05) is 26.2 Å². The minimum absolute atomic E-state index is 0.0855. The molecule has 33 heavy (non-hydrogen) atoms. The molecule has 0 atom stereocenters. The van der Waals surface area contributed by atoms with Crippen molar-refractivity contribution in [3.05, 3.63) is 64.9 Å². The molecule has 0 unspecified atom stereocenters. The highest BCUT2D eigenvalue weighted by Gasteiger charge is 2.27. The lowest BCUT2D eigenvalue weighted by atomic mass is 10.0. The van der Waals surface area contributed by atoms with Crippen LogP contribution in [-0.4, -0.2) is 53.0 Å². The molecule has 2 N–H and O–H groups in total. The van der Waals surface area contributed by atoms with Crippen LogP contribution in [0.5, 0.6) is 5.75 Å². The van der Waals surface area contributed by atoms with Gasteiger partial charge in [-0.3, -0.25) is 14.6 Å². The molecule has 1 saturated heterocycles. The molecule has 1 aliphatic heterocycles. The van der Waals surface area contributed by atoms with Gasteiger partial charge in [0.15, 0.2) is 0 Å². The molecule has 0 bridgehead atoms. The fourth-order valence-corrected chi connectivity index (χ4v) is 5.30. The Bertz CT molecular complexity index is 1110. The normalized spacial score (nSPS) is 18.2. The Balaban J connectivity index is 1.33. The van der Waals surface area contributed by atoms with Crippen LogP contribution in [0.3, 0.4) is 0 Å². The highest BCUT2D eigenvalue weighted by molar-refractivity contribution is 6.09. The zero-order valence-electron chi connectivity index (χ0n) is 19.3. The molecule has 1 aliphatic carbocycles. The summed E-state index contributed by atoms with van der Waals surface area (Å²) in [6, 6.07) is 14.3. The number of aryl methyl sites for hydroxylation is 1. The third-order valence-electron chi connectivity index (χ3n) is 7.13. The molecule has 3 aromatic rings. The third-order valence-corrected chi connectivity index (χ3v) is 7.13. The van der Waals surface area contributed by atoms with Crippen molar-refractivity contribution in [3.63, 3.8) is 0 Å². The molecule has 2 heterocycles. The number of nitrogens with one attached hydrogen (secondary N) is 1. The fraction of sp³-hybridized carbons (Fsp3) is 0.444. The zero-order chi connectivity index (χ0) is 22.8. The van der Waals surface area contributed by atoms with Gasteiger partial charge in [-0.05, 0) is 37.5 Å². The van der Waals surface area contributed by atoms with E-state index in [0.717, 1.165) is 56.5 Å². The smallest absolute Gasteiger partial charge is 0.255 e. The van der Waals surface area contributed by atoms with Gasteiger partial charge in [-0.25, -0.2) is 0 Å². The Kier molecular flexibility index (Phi) is 6.38. The minimum Gasteiger partial charge on any atom is -0.508 e. The number of hydrogen-bond acceptors (Lipinski definition) is 5. The average Bonchev–Trinajstić information content (AvgIpc) is 3.44. The summed E-state index contributed by atoms with van der Waals surface area (Å²) in [6.07, 6.45) is 4.40. The molecule has 1 saturated carbocycles. The molecule has 0 radical (unpaired) electrons. The second kappa shape index (κ2) is 9.57. The second-order valence-corrected chi connectivity index (χ2v) is 9.46. The van der Waals surface area contributed by atoms with Gasteiger partial charge in [0.25, 0.3) is 5.91 Å². The van der Waals surface area contributed by atoms with Crippen LogP contribution in [0.4, 0.5) is 0 Å². The van der Waals surface area contributed by atoms with E-state index in [4.69, 9.17) is 4.42 Å². The predicted octanol–water partition coefficient (Wildman–Crippen LogP) is 4.44. The van der Waals surface area contributed by atoms with Gasteiger partial charge in [0.1, 0.15) is 17.1 Å². The quantitative estimate of drug-likeness (QED) is 0.585. The molecular formula is C27H33N3O3. The van der Waals surface area contributed by atoms with Crippen molar-refractivity contribution in [3.8, 4) is 5.75 Å². The maximum absolute atomic E-state index is 13.2. The minimum atomic E-state index is -0.0855. The molecule has 174 valence electrons. The molecule has 6 heteroatoms. The highest BCUT2D eigenvalue weighted by atomic mass is 16.3. The first-order valence-electron chi connectivity index (χ1n) is 12.1. The second-order valence-electron chi connectivity index (χ2n) is 9.46. The third kappa shape index (κ3) is 4.77. The van der Waals surface area contributed by atoms with Gasteiger partial charge in [-0.2, -0.15) is 0 Å². The van der Waals surface area contributed by atoms with Gasteiger partial charge < -0.3 is 14.8 Å². The van der Waals surface area contributed by atoms with Crippen LogP contribution in [0, 0.1) is 6.92 Å². The number of benzene rings is 2. The number of amides is 1. The number of piperazine rings is 1. The number of nitrogens with zero attached hydrogens (tertiary/aromatic N) is 2. The van der Waals surface area contributed by atoms with E-state index >= 15 is 0 Å². The molecule has 5 rings (SSSR count). The molecule has 2 aliphatic rings. The molecule has 2 fully saturated rings. The number of fused-ring (bicyclic) bond motifs is 1. The fourth-order valence-electron chi connectivity index (χ4n) is 5.30. The van der Waals surface area contributed by atoms with E-state index in [1.54, 1.807) is 12.1 Å². The molecule has 1 amide bonds. The number of carbonyl (C=O) groups is 1. The Hall–Kier alpha value is -2.83. The predicted molar refractivity (Wildman–Crippen MR) is 129 cm³/mol. The number of phenols is 1. The van der Waals surface area contributed by atoms with Gasteiger partial charge in [0, 0.05) is 56.3 Å². The Morgan fingerprint density at radius 1 is 1.00 bits per heavy atom. The molecule has 1 aromatic heterocycles. The van der Waals surface area contributed by atoms with Gasteiger partial charge in [0.2, 0.25) is 0 Å². The topological polar surface area (TPSA) is 69.0 Å². The number of phenolic OH excluding ortho intramolecular Hbond substituents is 1. The van der Waals surface area contributed by atoms with Crippen LogP contribution in [0.15, 0.2) is 46.9 Å². The van der Waals surface area contributed by atoms with E-state index in [9.17, 15) is 9.90 Å². The van der Waals surface area contributed by atoms with Crippen molar-refractivity contribution in [2.45, 2.75) is 51.7 Å². The van der Waals surface area contributed by atoms with E-state index < -0.39 is 0 Å². The Morgan fingerprint density at radius 2 is 1.67 bits per heavy atom. The van der Waals surface area contributed by atoms with Crippen molar-refractivity contribution < 1.29 is 14.3 Å². The van der Waals surface area contributed by atoms with Gasteiger partial charge in [-0.1, -0.05) is 43.2 Å². The summed E-state index contributed by atoms with van der Waals surface area (Å²) in [4.78, 5) is 18.0. The van der Waals surface area contributed by atoms with E-state index in [1.165, 1.54) is 18.4 Å². The molecular weight excluding hydrogens is 414 g/mol. The summed E-state index contributed by atoms with van der Waals surface area (Å²) >= 11 is 0. The summed E-state index contributed by atoms with van der Waals surface area (Å²) < 4.78 is 5.95. The molecule has 2 aromatic carbocycles. The van der Waals surface area contributed by atoms with E-state index in [-0.39, 0.29) is 17.7 Å². The van der Waals surface area contributed by atoms with Crippen molar-refractivity contribution in [2.24, 2.45) is 0 Å². The molecule has 6 nitrogen and oxygen atoms in total. The van der Waals surface area contributed by atoms with E-state index in [2.05, 4.69) is 39.4 Å². The van der Waals surface area contributed by atoms with Crippen molar-refractivity contribution in [1.29, 1.82) is 0 Å². The van der Waals surface area contributed by atoms with Crippen LogP contribution in [0.2, 0.25) is 0 Å². The van der Waals surface area contributed by atoms with Gasteiger partial charge in [-0.15, -0.1) is 0 Å². The SMILES string of the molecule is Cc1oc2ccc(O)c(CN3CCN(Cc4ccccc4)CC3)c2c1C(=O)NC1CCCC1. The van der Waals surface area contributed by atoms with Crippen LogP contribution >= 0.6 is 0 Å². The number of furan rings is 1. The Morgan fingerprint density at radius 3 is 2.36 bits per heavy atom. The summed E-state index contributed by atoms with van der Waals surface area (Å²) in [5, 5.41) is 14.7. The van der Waals surface area contributed by atoms with Crippen molar-refractivity contribution in [1.82, 2.24) is 15.1 Å². The Labute approximate surface area is 195 Å². The number of hydrogen-bond donors (Lipinski definition) is 2. The standard InChI is InChI=1S/C27H33N3O3/c1-19-25(27(32)28-21-9-5-6-10-21)26-22(23(31)11-12-24(26)33-19)18-30-15-13-29(14-16-30)17-20-7-3-2-4-8-20/h2-4,7-8,11-12,21,31H,5-6,9-10,13-18H2,1H3,(H,28,32). The number of rotatable bonds is 6. The lowest BCUT2D eigenvalue weighted by molar-refractivity contribution is 0.0937. The maximum Gasteiger partial charge on any atom is 0.255 e. The zero-order valence-corrected chi connectivity index (χ0v) is 19.3. The first-order chi connectivity index (χ1) is 16.1. The number of aromatic hydroxyl groups is 1. The van der Waals surface area contributed by atoms with Crippen LogP contribution in [0.1, 0.15) is 52.9 Å². The average molecular weight is 448 g/mol. The number of carbonyl (C=O) groups excluding carboxylic acids is 1. The summed E-state index contributed by atoms with van der Waals surface area (Å²) in [6.45, 7) is 7.20. The lowest BCUT2D eigenvalue weighted by Gasteiger charge is -2.35. The van der Waals surface area contributed by atoms with Gasteiger partial charge in [0.05, 0.1) is 5.56 Å². The van der Waals surface area contributed by atoms with Crippen LogP contribution < -0.4 is 5.32 Å². The van der Waals surface area contributed by atoms with Crippen LogP contribution in [-0.2, 0) is 13.1 Å². The monoisotopic (exact) mass is 447 g/mol. The highest BCUT2D eigenvalue weighted by Crippen LogP contribution is 2.35. The van der Waals surface area contributed by atoms with Crippen LogP contribution in [0.25, 0.3) is 11.0 Å². The summed E-state index contributed by atoms with van der Waals surface area (Å²) in [5.74, 6) is 0.752.